The SMILES string of the molecule is COc1cc2ccccc2cc1C(=O)N1CCCCCC1. The lowest BCUT2D eigenvalue weighted by atomic mass is 10.0. The van der Waals surface area contributed by atoms with Crippen molar-refractivity contribution in [3.05, 3.63) is 42.0 Å². The lowest BCUT2D eigenvalue weighted by Gasteiger charge is -2.21. The molecular formula is C18H21NO2. The van der Waals surface area contributed by atoms with E-state index in [9.17, 15) is 4.79 Å². The summed E-state index contributed by atoms with van der Waals surface area (Å²) in [4.78, 5) is 14.8. The number of fused-ring (bicyclic) bond motifs is 1. The number of rotatable bonds is 2. The van der Waals surface area contributed by atoms with Gasteiger partial charge in [-0.25, -0.2) is 0 Å². The molecule has 0 aliphatic carbocycles. The molecule has 0 aromatic heterocycles. The molecule has 0 unspecified atom stereocenters. The van der Waals surface area contributed by atoms with E-state index in [4.69, 9.17) is 4.74 Å². The standard InChI is InChI=1S/C18H21NO2/c1-21-17-13-15-9-5-4-8-14(15)12-16(17)18(20)19-10-6-2-3-7-11-19/h4-5,8-9,12-13H,2-3,6-7,10-11H2,1H3. The first kappa shape index (κ1) is 13.9. The first-order chi connectivity index (χ1) is 10.3. The minimum atomic E-state index is 0.0968. The van der Waals surface area contributed by atoms with Gasteiger partial charge in [0.15, 0.2) is 0 Å². The number of ether oxygens (including phenoxy) is 1. The highest BCUT2D eigenvalue weighted by Crippen LogP contribution is 2.27. The quantitative estimate of drug-likeness (QED) is 0.837. The Labute approximate surface area is 125 Å². The first-order valence-corrected chi connectivity index (χ1v) is 7.65. The van der Waals surface area contributed by atoms with Gasteiger partial charge in [-0.1, -0.05) is 37.1 Å². The number of nitrogens with zero attached hydrogens (tertiary/aromatic N) is 1. The molecule has 0 spiro atoms. The third kappa shape index (κ3) is 2.87. The highest BCUT2D eigenvalue weighted by molar-refractivity contribution is 6.01. The molecule has 1 saturated heterocycles. The normalized spacial score (nSPS) is 15.8. The molecule has 1 aliphatic heterocycles. The second kappa shape index (κ2) is 6.17. The number of carbonyl (C=O) groups is 1. The van der Waals surface area contributed by atoms with E-state index in [1.807, 2.05) is 41.3 Å². The molecule has 0 atom stereocenters. The lowest BCUT2D eigenvalue weighted by Crippen LogP contribution is -2.32. The van der Waals surface area contributed by atoms with E-state index < -0.39 is 0 Å². The van der Waals surface area contributed by atoms with E-state index in [0.29, 0.717) is 11.3 Å². The summed E-state index contributed by atoms with van der Waals surface area (Å²) < 4.78 is 5.45. The second-order valence-electron chi connectivity index (χ2n) is 5.61. The molecule has 0 bridgehead atoms. The number of amides is 1. The molecule has 3 heteroatoms. The van der Waals surface area contributed by atoms with Gasteiger partial charge >= 0.3 is 0 Å². The van der Waals surface area contributed by atoms with Crippen LogP contribution in [0.3, 0.4) is 0 Å². The number of hydrogen-bond donors (Lipinski definition) is 0. The van der Waals surface area contributed by atoms with Gasteiger partial charge in [-0.05, 0) is 35.7 Å². The molecule has 1 heterocycles. The Balaban J connectivity index is 1.99. The van der Waals surface area contributed by atoms with Crippen LogP contribution in [0.4, 0.5) is 0 Å². The highest BCUT2D eigenvalue weighted by atomic mass is 16.5. The monoisotopic (exact) mass is 283 g/mol. The van der Waals surface area contributed by atoms with Gasteiger partial charge in [-0.2, -0.15) is 0 Å². The third-order valence-electron chi connectivity index (χ3n) is 4.19. The molecule has 0 radical (unpaired) electrons. The number of carbonyl (C=O) groups excluding carboxylic acids is 1. The molecule has 110 valence electrons. The maximum Gasteiger partial charge on any atom is 0.257 e. The van der Waals surface area contributed by atoms with Crippen molar-refractivity contribution in [3.63, 3.8) is 0 Å². The molecule has 1 fully saturated rings. The first-order valence-electron chi connectivity index (χ1n) is 7.65. The van der Waals surface area contributed by atoms with Gasteiger partial charge in [-0.3, -0.25) is 4.79 Å². The van der Waals surface area contributed by atoms with Crippen molar-refractivity contribution in [2.75, 3.05) is 20.2 Å². The van der Waals surface area contributed by atoms with Crippen molar-refractivity contribution >= 4 is 16.7 Å². The van der Waals surface area contributed by atoms with Gasteiger partial charge in [0.25, 0.3) is 5.91 Å². The van der Waals surface area contributed by atoms with Crippen molar-refractivity contribution in [2.24, 2.45) is 0 Å². The third-order valence-corrected chi connectivity index (χ3v) is 4.19. The predicted octanol–water partition coefficient (Wildman–Crippen LogP) is 3.86. The average Bonchev–Trinajstić information content (AvgIpc) is 2.82. The number of methoxy groups -OCH3 is 1. The molecule has 21 heavy (non-hydrogen) atoms. The Hall–Kier alpha value is -2.03. The summed E-state index contributed by atoms with van der Waals surface area (Å²) in [6.07, 6.45) is 4.64. The summed E-state index contributed by atoms with van der Waals surface area (Å²) in [5.74, 6) is 0.766. The van der Waals surface area contributed by atoms with E-state index in [1.54, 1.807) is 7.11 Å². The van der Waals surface area contributed by atoms with Gasteiger partial charge in [-0.15, -0.1) is 0 Å². The van der Waals surface area contributed by atoms with Crippen LogP contribution < -0.4 is 4.74 Å². The number of hydrogen-bond acceptors (Lipinski definition) is 2. The van der Waals surface area contributed by atoms with Crippen LogP contribution in [0, 0.1) is 0 Å². The zero-order valence-corrected chi connectivity index (χ0v) is 12.5. The molecule has 2 aromatic rings. The molecule has 3 nitrogen and oxygen atoms in total. The minimum absolute atomic E-state index is 0.0968. The molecule has 1 aliphatic rings. The predicted molar refractivity (Wildman–Crippen MR) is 84.9 cm³/mol. The van der Waals surface area contributed by atoms with E-state index in [0.717, 1.165) is 36.7 Å². The van der Waals surface area contributed by atoms with Crippen molar-refractivity contribution in [1.82, 2.24) is 4.90 Å². The van der Waals surface area contributed by atoms with Crippen LogP contribution in [0.5, 0.6) is 5.75 Å². The zero-order chi connectivity index (χ0) is 14.7. The van der Waals surface area contributed by atoms with E-state index in [-0.39, 0.29) is 5.91 Å². The summed E-state index contributed by atoms with van der Waals surface area (Å²) in [5.41, 5.74) is 0.679. The molecule has 0 N–H and O–H groups in total. The fourth-order valence-corrected chi connectivity index (χ4v) is 3.00. The van der Waals surface area contributed by atoms with Crippen molar-refractivity contribution in [1.29, 1.82) is 0 Å². The van der Waals surface area contributed by atoms with Crippen LogP contribution in [-0.2, 0) is 0 Å². The van der Waals surface area contributed by atoms with Crippen LogP contribution >= 0.6 is 0 Å². The maximum absolute atomic E-state index is 12.8. The van der Waals surface area contributed by atoms with E-state index in [2.05, 4.69) is 0 Å². The van der Waals surface area contributed by atoms with Crippen LogP contribution in [0.2, 0.25) is 0 Å². The smallest absolute Gasteiger partial charge is 0.257 e. The molecule has 2 aromatic carbocycles. The highest BCUT2D eigenvalue weighted by Gasteiger charge is 2.21. The zero-order valence-electron chi connectivity index (χ0n) is 12.5. The summed E-state index contributed by atoms with van der Waals surface area (Å²) in [7, 11) is 1.63. The van der Waals surface area contributed by atoms with Gasteiger partial charge in [0, 0.05) is 13.1 Å². The van der Waals surface area contributed by atoms with Crippen LogP contribution in [-0.4, -0.2) is 31.0 Å². The average molecular weight is 283 g/mol. The van der Waals surface area contributed by atoms with Crippen LogP contribution in [0.1, 0.15) is 36.0 Å². The van der Waals surface area contributed by atoms with Gasteiger partial charge in [0.1, 0.15) is 5.75 Å². The fraction of sp³-hybridized carbons (Fsp3) is 0.389. The molecule has 0 saturated carbocycles. The largest absolute Gasteiger partial charge is 0.496 e. The van der Waals surface area contributed by atoms with Crippen molar-refractivity contribution in [3.8, 4) is 5.75 Å². The van der Waals surface area contributed by atoms with Crippen LogP contribution in [0.25, 0.3) is 10.8 Å². The molecule has 3 rings (SSSR count). The van der Waals surface area contributed by atoms with Crippen LogP contribution in [0.15, 0.2) is 36.4 Å². The second-order valence-corrected chi connectivity index (χ2v) is 5.61. The summed E-state index contributed by atoms with van der Waals surface area (Å²) in [6.45, 7) is 1.71. The minimum Gasteiger partial charge on any atom is -0.496 e. The molecular weight excluding hydrogens is 262 g/mol. The summed E-state index contributed by atoms with van der Waals surface area (Å²) >= 11 is 0. The number of likely N-dealkylation sites (tertiary alicyclic amines) is 1. The Kier molecular flexibility index (Phi) is 4.09. The Morgan fingerprint density at radius 1 is 1.00 bits per heavy atom. The maximum atomic E-state index is 12.8. The Morgan fingerprint density at radius 3 is 2.24 bits per heavy atom. The Morgan fingerprint density at radius 2 is 1.62 bits per heavy atom. The lowest BCUT2D eigenvalue weighted by molar-refractivity contribution is 0.0758. The summed E-state index contributed by atoms with van der Waals surface area (Å²) in [6, 6.07) is 12.0. The molecule has 1 amide bonds. The number of benzene rings is 2. The van der Waals surface area contributed by atoms with Crippen molar-refractivity contribution < 1.29 is 9.53 Å². The van der Waals surface area contributed by atoms with Crippen molar-refractivity contribution in [2.45, 2.75) is 25.7 Å². The Bertz CT molecular complexity index is 643. The van der Waals surface area contributed by atoms with E-state index in [1.165, 1.54) is 12.8 Å². The summed E-state index contributed by atoms with van der Waals surface area (Å²) in [5, 5.41) is 2.18. The van der Waals surface area contributed by atoms with Gasteiger partial charge < -0.3 is 9.64 Å². The van der Waals surface area contributed by atoms with Gasteiger partial charge in [0.2, 0.25) is 0 Å². The fourth-order valence-electron chi connectivity index (χ4n) is 3.00. The van der Waals surface area contributed by atoms with Gasteiger partial charge in [0.05, 0.1) is 12.7 Å². The van der Waals surface area contributed by atoms with E-state index >= 15 is 0 Å². The topological polar surface area (TPSA) is 29.5 Å².